The molecule has 2 aromatic carbocycles. The van der Waals surface area contributed by atoms with Gasteiger partial charge in [0.05, 0.1) is 6.20 Å². The van der Waals surface area contributed by atoms with Crippen LogP contribution in [0, 0.1) is 0 Å². The number of halogens is 1. The van der Waals surface area contributed by atoms with Gasteiger partial charge in [-0.3, -0.25) is 0 Å². The van der Waals surface area contributed by atoms with Gasteiger partial charge in [-0.05, 0) is 48.4 Å². The molecule has 0 aliphatic carbocycles. The van der Waals surface area contributed by atoms with Crippen molar-refractivity contribution < 1.29 is 0 Å². The van der Waals surface area contributed by atoms with E-state index in [2.05, 4.69) is 25.8 Å². The van der Waals surface area contributed by atoms with Crippen molar-refractivity contribution in [3.63, 3.8) is 0 Å². The fourth-order valence-electron chi connectivity index (χ4n) is 2.40. The van der Waals surface area contributed by atoms with E-state index in [9.17, 15) is 0 Å². The summed E-state index contributed by atoms with van der Waals surface area (Å²) in [6.07, 6.45) is 2.48. The first-order valence-electron chi connectivity index (χ1n) is 8.32. The van der Waals surface area contributed by atoms with E-state index in [-0.39, 0.29) is 0 Å². The molecule has 0 bridgehead atoms. The van der Waals surface area contributed by atoms with Gasteiger partial charge in [-0.1, -0.05) is 23.7 Å². The van der Waals surface area contributed by atoms with E-state index in [0.29, 0.717) is 11.8 Å². The molecule has 7 heteroatoms. The summed E-state index contributed by atoms with van der Waals surface area (Å²) in [5.74, 6) is 1.14. The van der Waals surface area contributed by atoms with E-state index in [1.54, 1.807) is 6.20 Å². The Morgan fingerprint density at radius 3 is 2.42 bits per heavy atom. The lowest BCUT2D eigenvalue weighted by atomic mass is 10.1. The maximum atomic E-state index is 5.90. The molecule has 0 radical (unpaired) electrons. The van der Waals surface area contributed by atoms with Gasteiger partial charge in [-0.25, -0.2) is 0 Å². The molecule has 2 N–H and O–H groups in total. The van der Waals surface area contributed by atoms with Gasteiger partial charge in [-0.2, -0.15) is 10.1 Å². The van der Waals surface area contributed by atoms with Gasteiger partial charge in [-0.15, -0.1) is 5.10 Å². The van der Waals surface area contributed by atoms with Gasteiger partial charge in [0.2, 0.25) is 5.95 Å². The topological polar surface area (TPSA) is 66.0 Å². The molecule has 0 saturated heterocycles. The Morgan fingerprint density at radius 2 is 1.73 bits per heavy atom. The molecule has 1 heterocycles. The van der Waals surface area contributed by atoms with Crippen molar-refractivity contribution in [1.29, 1.82) is 0 Å². The molecule has 3 rings (SSSR count). The normalized spacial score (nSPS) is 10.4. The fourth-order valence-corrected chi connectivity index (χ4v) is 2.53. The standard InChI is InChI=1S/C19H21ClN6/c1-26(2)17-9-7-16(8-10-17)23-19-24-18(13-22-25-19)21-12-11-14-3-5-15(20)6-4-14/h3-10,13H,11-12H2,1-2H3,(H2,21,23,24,25). The average Bonchev–Trinajstić information content (AvgIpc) is 2.64. The third-order valence-electron chi connectivity index (χ3n) is 3.83. The van der Waals surface area contributed by atoms with Crippen LogP contribution in [0.4, 0.5) is 23.1 Å². The van der Waals surface area contributed by atoms with E-state index in [1.807, 2.05) is 67.5 Å². The van der Waals surface area contributed by atoms with Crippen molar-refractivity contribution in [2.75, 3.05) is 36.2 Å². The van der Waals surface area contributed by atoms with Gasteiger partial charge in [0, 0.05) is 37.0 Å². The third-order valence-corrected chi connectivity index (χ3v) is 4.08. The fraction of sp³-hybridized carbons (Fsp3) is 0.211. The maximum Gasteiger partial charge on any atom is 0.249 e. The lowest BCUT2D eigenvalue weighted by Crippen LogP contribution is -2.09. The summed E-state index contributed by atoms with van der Waals surface area (Å²) >= 11 is 5.90. The number of hydrogen-bond acceptors (Lipinski definition) is 6. The number of nitrogens with one attached hydrogen (secondary N) is 2. The van der Waals surface area contributed by atoms with E-state index in [4.69, 9.17) is 11.6 Å². The molecule has 0 fully saturated rings. The van der Waals surface area contributed by atoms with Crippen LogP contribution in [0.2, 0.25) is 5.02 Å². The number of hydrogen-bond donors (Lipinski definition) is 2. The van der Waals surface area contributed by atoms with E-state index < -0.39 is 0 Å². The van der Waals surface area contributed by atoms with Gasteiger partial charge >= 0.3 is 0 Å². The van der Waals surface area contributed by atoms with Crippen molar-refractivity contribution in [1.82, 2.24) is 15.2 Å². The van der Waals surface area contributed by atoms with Crippen LogP contribution in [0.25, 0.3) is 0 Å². The first kappa shape index (κ1) is 17.9. The lowest BCUT2D eigenvalue weighted by Gasteiger charge is -2.13. The van der Waals surface area contributed by atoms with Crippen molar-refractivity contribution in [2.45, 2.75) is 6.42 Å². The van der Waals surface area contributed by atoms with Gasteiger partial charge in [0.1, 0.15) is 0 Å². The summed E-state index contributed by atoms with van der Waals surface area (Å²) < 4.78 is 0. The predicted molar refractivity (Wildman–Crippen MR) is 108 cm³/mol. The molecule has 0 atom stereocenters. The lowest BCUT2D eigenvalue weighted by molar-refractivity contribution is 0.950. The van der Waals surface area contributed by atoms with Crippen LogP contribution in [0.5, 0.6) is 0 Å². The number of nitrogens with zero attached hydrogens (tertiary/aromatic N) is 4. The number of aromatic nitrogens is 3. The summed E-state index contributed by atoms with van der Waals surface area (Å²) in [6, 6.07) is 15.9. The Morgan fingerprint density at radius 1 is 1.00 bits per heavy atom. The molecule has 0 spiro atoms. The summed E-state index contributed by atoms with van der Waals surface area (Å²) in [7, 11) is 4.02. The highest BCUT2D eigenvalue weighted by atomic mass is 35.5. The molecular formula is C19H21ClN6. The predicted octanol–water partition coefficient (Wildman–Crippen LogP) is 3.99. The van der Waals surface area contributed by atoms with Crippen molar-refractivity contribution in [3.05, 3.63) is 65.3 Å². The van der Waals surface area contributed by atoms with Crippen LogP contribution in [-0.4, -0.2) is 35.8 Å². The maximum absolute atomic E-state index is 5.90. The minimum absolute atomic E-state index is 0.457. The zero-order valence-corrected chi connectivity index (χ0v) is 15.5. The van der Waals surface area contributed by atoms with Crippen LogP contribution in [-0.2, 0) is 6.42 Å². The molecule has 0 amide bonds. The minimum atomic E-state index is 0.457. The highest BCUT2D eigenvalue weighted by Crippen LogP contribution is 2.18. The van der Waals surface area contributed by atoms with Crippen molar-refractivity contribution in [2.24, 2.45) is 0 Å². The van der Waals surface area contributed by atoms with Crippen molar-refractivity contribution >= 4 is 34.7 Å². The Balaban J connectivity index is 1.56. The van der Waals surface area contributed by atoms with Crippen molar-refractivity contribution in [3.8, 4) is 0 Å². The number of anilines is 4. The van der Waals surface area contributed by atoms with Crippen LogP contribution < -0.4 is 15.5 Å². The quantitative estimate of drug-likeness (QED) is 0.657. The van der Waals surface area contributed by atoms with Gasteiger partial charge < -0.3 is 15.5 Å². The molecule has 0 saturated carbocycles. The monoisotopic (exact) mass is 368 g/mol. The molecule has 134 valence electrons. The SMILES string of the molecule is CN(C)c1ccc(Nc2nncc(NCCc3ccc(Cl)cc3)n2)cc1. The Labute approximate surface area is 158 Å². The summed E-state index contributed by atoms with van der Waals surface area (Å²) in [5.41, 5.74) is 3.26. The molecule has 0 unspecified atom stereocenters. The number of benzene rings is 2. The van der Waals surface area contributed by atoms with E-state index in [1.165, 1.54) is 5.56 Å². The van der Waals surface area contributed by atoms with Crippen LogP contribution >= 0.6 is 11.6 Å². The first-order chi connectivity index (χ1) is 12.6. The zero-order valence-electron chi connectivity index (χ0n) is 14.8. The Kier molecular flexibility index (Phi) is 5.86. The van der Waals surface area contributed by atoms with Crippen LogP contribution in [0.15, 0.2) is 54.7 Å². The molecule has 3 aromatic rings. The molecule has 0 aliphatic heterocycles. The summed E-state index contributed by atoms with van der Waals surface area (Å²) in [5, 5.41) is 15.2. The molecule has 1 aromatic heterocycles. The summed E-state index contributed by atoms with van der Waals surface area (Å²) in [6.45, 7) is 0.747. The number of rotatable bonds is 7. The zero-order chi connectivity index (χ0) is 18.4. The second-order valence-electron chi connectivity index (χ2n) is 6.03. The van der Waals surface area contributed by atoms with Gasteiger partial charge in [0.25, 0.3) is 0 Å². The molecule has 26 heavy (non-hydrogen) atoms. The molecule has 6 nitrogen and oxygen atoms in total. The molecular weight excluding hydrogens is 348 g/mol. The van der Waals surface area contributed by atoms with Gasteiger partial charge in [0.15, 0.2) is 5.82 Å². The highest BCUT2D eigenvalue weighted by Gasteiger charge is 2.02. The highest BCUT2D eigenvalue weighted by molar-refractivity contribution is 6.30. The first-order valence-corrected chi connectivity index (χ1v) is 8.70. The average molecular weight is 369 g/mol. The smallest absolute Gasteiger partial charge is 0.249 e. The van der Waals surface area contributed by atoms with Crippen LogP contribution in [0.3, 0.4) is 0 Å². The second kappa shape index (κ2) is 8.49. The second-order valence-corrected chi connectivity index (χ2v) is 6.47. The minimum Gasteiger partial charge on any atom is -0.378 e. The Hall–Kier alpha value is -2.86. The molecule has 0 aliphatic rings. The summed E-state index contributed by atoms with van der Waals surface area (Å²) in [4.78, 5) is 6.49. The van der Waals surface area contributed by atoms with E-state index in [0.717, 1.165) is 29.4 Å². The Bertz CT molecular complexity index is 833. The largest absolute Gasteiger partial charge is 0.378 e. The van der Waals surface area contributed by atoms with Crippen LogP contribution in [0.1, 0.15) is 5.56 Å². The third kappa shape index (κ3) is 5.07. The van der Waals surface area contributed by atoms with E-state index >= 15 is 0 Å².